The zero-order valence-corrected chi connectivity index (χ0v) is 12.1. The van der Waals surface area contributed by atoms with E-state index in [9.17, 15) is 4.20 Å². The Morgan fingerprint density at radius 1 is 1.83 bits per heavy atom. The molecule has 0 rings (SSSR count). The van der Waals surface area contributed by atoms with Gasteiger partial charge in [-0.2, -0.15) is 0 Å². The second-order valence-corrected chi connectivity index (χ2v) is 16.4. The topological polar surface area (TPSA) is 0 Å². The molecule has 0 unspecified atom stereocenters. The molecule has 38 valence electrons. The smallest absolute Gasteiger partial charge is 0 e. The van der Waals surface area contributed by atoms with E-state index in [0.717, 1.165) is 0 Å². The number of hydrogen-bond acceptors (Lipinski definition) is 0. The van der Waals surface area contributed by atoms with Gasteiger partial charge in [0.25, 0.3) is 0 Å². The minimum atomic E-state index is -3.61. The average Bonchev–Trinajstić information content (AvgIpc) is 0.650. The zero-order chi connectivity index (χ0) is 5.45. The Labute approximate surface area is 96.8 Å². The second kappa shape index (κ2) is 4.97. The van der Waals surface area contributed by atoms with Crippen LogP contribution in [0.2, 0.25) is 0 Å². The van der Waals surface area contributed by atoms with Crippen LogP contribution in [0.5, 0.6) is 0 Å². The van der Waals surface area contributed by atoms with Crippen LogP contribution in [0, 0.1) is 46.6 Å². The van der Waals surface area contributed by atoms with Crippen molar-refractivity contribution in [2.24, 2.45) is 0 Å². The average molecular weight is 553 g/mol. The first kappa shape index (κ1) is 9.14. The predicted octanol–water partition coefficient (Wildman–Crippen LogP) is 3.11. The van der Waals surface area contributed by atoms with E-state index in [1.54, 1.807) is 0 Å². The minimum absolute atomic E-state index is 0. The fraction of sp³-hybridized carbons (Fsp3) is 0. The third kappa shape index (κ3) is 27.3. The summed E-state index contributed by atoms with van der Waals surface area (Å²) in [5.74, 6) is 0. The van der Waals surface area contributed by atoms with Crippen molar-refractivity contribution in [3.8, 4) is 0 Å². The quantitative estimate of drug-likeness (QED) is 0.246. The fourth-order valence-corrected chi connectivity index (χ4v) is 0. The molecule has 0 radical (unpaired) electrons. The van der Waals surface area contributed by atoms with Crippen LogP contribution < -0.4 is 0 Å². The van der Waals surface area contributed by atoms with Crippen LogP contribution in [0.15, 0.2) is 0 Å². The Morgan fingerprint density at radius 2 is 1.83 bits per heavy atom. The first-order chi connectivity index (χ1) is 2.24. The molecular formula is CH3FI2PTh-. The number of rotatable bonds is 0. The molecule has 6 heavy (non-hydrogen) atoms. The number of halogens is 3. The molecular weight excluding hydrogens is 548 g/mol. The molecule has 0 bridgehead atoms. The molecule has 0 amide bonds. The van der Waals surface area contributed by atoms with E-state index in [0.29, 0.717) is 0 Å². The standard InChI is InChI=1S/CH3FI2P.Th/c1-5(2,3)4;/h5H,1H2;/q-1;/i5T;. The van der Waals surface area contributed by atoms with Gasteiger partial charge in [-0.1, -0.05) is 0 Å². The van der Waals surface area contributed by atoms with Gasteiger partial charge in [-0.3, -0.25) is 0 Å². The predicted molar refractivity (Wildman–Crippen MR) is 42.8 cm³/mol. The summed E-state index contributed by atoms with van der Waals surface area (Å²) in [6, 6.07) is 0. The van der Waals surface area contributed by atoms with Crippen molar-refractivity contribution < 1.29 is 44.1 Å². The first-order valence-corrected chi connectivity index (χ1v) is 8.26. The Morgan fingerprint density at radius 3 is 1.83 bits per heavy atom. The maximum Gasteiger partial charge on any atom is 0 e. The van der Waals surface area contributed by atoms with Crippen molar-refractivity contribution in [2.45, 2.75) is 0 Å². The Kier molecular flexibility index (Phi) is 7.58. The van der Waals surface area contributed by atoms with E-state index in [-0.39, 0.29) is 39.9 Å². The van der Waals surface area contributed by atoms with Crippen LogP contribution >= 0.6 is 46.9 Å². The van der Waals surface area contributed by atoms with Crippen LogP contribution in [0.3, 0.4) is 0 Å². The third-order valence-corrected chi connectivity index (χ3v) is 0. The van der Waals surface area contributed by atoms with Crippen molar-refractivity contribution in [1.82, 2.24) is 0 Å². The maximum atomic E-state index is 12.0. The molecule has 0 N–H and O–H groups in total. The molecule has 0 aliphatic carbocycles. The maximum absolute atomic E-state index is 12.0. The zero-order valence-electron chi connectivity index (χ0n) is 3.79. The summed E-state index contributed by atoms with van der Waals surface area (Å²) in [5.41, 5.74) is 0. The minimum Gasteiger partial charge on any atom is 0 e. The van der Waals surface area contributed by atoms with Gasteiger partial charge in [0.15, 0.2) is 0 Å². The van der Waals surface area contributed by atoms with Crippen LogP contribution in [-0.2, 0) is 0 Å². The molecule has 0 aromatic heterocycles. The van der Waals surface area contributed by atoms with Gasteiger partial charge in [-0.05, 0) is 0 Å². The Bertz CT molecular complexity index is 50.9. The third-order valence-electron chi connectivity index (χ3n) is 0. The van der Waals surface area contributed by atoms with E-state index in [1.165, 1.54) is 44.1 Å². The van der Waals surface area contributed by atoms with Crippen molar-refractivity contribution in [1.29, 1.82) is 1.28 Å². The molecule has 0 aromatic carbocycles. The molecule has 0 aromatic rings. The van der Waals surface area contributed by atoms with Crippen molar-refractivity contribution >= 4 is 46.9 Å². The summed E-state index contributed by atoms with van der Waals surface area (Å²) in [7, 11) is 0. The molecule has 0 aliphatic heterocycles. The van der Waals surface area contributed by atoms with E-state index in [4.69, 9.17) is 1.28 Å². The summed E-state index contributed by atoms with van der Waals surface area (Å²) < 4.78 is 15.0. The van der Waals surface area contributed by atoms with Gasteiger partial charge in [0.05, 0.1) is 0 Å². The van der Waals surface area contributed by atoms with Crippen molar-refractivity contribution in [3.63, 3.8) is 0 Å². The van der Waals surface area contributed by atoms with Gasteiger partial charge < -0.3 is 0 Å². The normalized spacial score (nSPS) is 19.3. The van der Waals surface area contributed by atoms with Gasteiger partial charge in [-0.25, -0.2) is 0 Å². The van der Waals surface area contributed by atoms with Crippen LogP contribution in [0.25, 0.3) is 0 Å². The largest absolute Gasteiger partial charge is 0 e. The summed E-state index contributed by atoms with van der Waals surface area (Å²) >= 11 is 2.84. The van der Waals surface area contributed by atoms with Gasteiger partial charge in [0.1, 0.15) is 0 Å². The monoisotopic (exact) mass is 553 g/mol. The molecule has 0 aliphatic rings. The summed E-state index contributed by atoms with van der Waals surface area (Å²) in [5, 5.41) is 0. The molecule has 5 heteroatoms. The van der Waals surface area contributed by atoms with Crippen LogP contribution in [0.4, 0.5) is 4.20 Å². The molecule has 0 saturated carbocycles. The molecule has 0 heterocycles. The van der Waals surface area contributed by atoms with E-state index in [2.05, 4.69) is 6.66 Å². The number of hydrogen-bond donors (Lipinski definition) is 0. The first-order valence-electron chi connectivity index (χ1n) is 1.27. The van der Waals surface area contributed by atoms with Gasteiger partial charge in [0, 0.05) is 39.9 Å². The van der Waals surface area contributed by atoms with Crippen LogP contribution in [-0.4, -0.2) is 1.28 Å². The SMILES string of the molecule is [3H]P([CH2-])(F)(I)I.[Th]. The molecule has 0 atom stereocenters. The summed E-state index contributed by atoms with van der Waals surface area (Å²) in [6.07, 6.45) is 0. The van der Waals surface area contributed by atoms with Crippen molar-refractivity contribution in [2.75, 3.05) is 0 Å². The Balaban J connectivity index is 0. The van der Waals surface area contributed by atoms with E-state index in [1.807, 2.05) is 0 Å². The van der Waals surface area contributed by atoms with E-state index >= 15 is 0 Å². The van der Waals surface area contributed by atoms with Gasteiger partial charge >= 0.3 is 59.0 Å². The molecule has 0 nitrogen and oxygen atoms in total. The molecule has 0 saturated heterocycles. The fourth-order valence-electron chi connectivity index (χ4n) is 0. The van der Waals surface area contributed by atoms with Gasteiger partial charge in [0.2, 0.25) is 0 Å². The van der Waals surface area contributed by atoms with E-state index < -0.39 is 2.80 Å². The molecule has 0 fully saturated rings. The summed E-state index contributed by atoms with van der Waals surface area (Å²) in [6.45, 7) is 3.01. The summed E-state index contributed by atoms with van der Waals surface area (Å²) in [4.78, 5) is 0. The Hall–Kier alpha value is 3.14. The van der Waals surface area contributed by atoms with Crippen LogP contribution in [0.1, 0.15) is 0 Å². The van der Waals surface area contributed by atoms with Gasteiger partial charge in [-0.15, -0.1) is 0 Å². The van der Waals surface area contributed by atoms with Crippen molar-refractivity contribution in [3.05, 3.63) is 6.66 Å². The second-order valence-electron chi connectivity index (χ2n) is 0.550. The molecule has 0 spiro atoms.